The lowest BCUT2D eigenvalue weighted by atomic mass is 10.2. The van der Waals surface area contributed by atoms with Crippen LogP contribution in [0.5, 0.6) is 0 Å². The van der Waals surface area contributed by atoms with E-state index in [0.29, 0.717) is 11.3 Å². The van der Waals surface area contributed by atoms with Crippen LogP contribution in [0, 0.1) is 0 Å². The van der Waals surface area contributed by atoms with Crippen molar-refractivity contribution in [1.29, 1.82) is 0 Å². The average molecular weight is 430 g/mol. The number of imide groups is 1. The van der Waals surface area contributed by atoms with E-state index in [1.165, 1.54) is 0 Å². The number of nitrogens with zero attached hydrogens (tertiary/aromatic N) is 2. The summed E-state index contributed by atoms with van der Waals surface area (Å²) >= 11 is 12.3. The van der Waals surface area contributed by atoms with Gasteiger partial charge in [0.15, 0.2) is 0 Å². The number of amides is 3. The molecule has 0 saturated carbocycles. The van der Waals surface area contributed by atoms with E-state index >= 15 is 0 Å². The third kappa shape index (κ3) is 3.61. The third-order valence-electron chi connectivity index (χ3n) is 4.92. The standard InChI is InChI=1S/C21H17Cl2N3O3/c22-15-5-1-2-6-16(15)26-20(28)17(23)18(21(26)29)24-14-9-7-13(8-10-14)19(27)25-11-3-4-12-25/h1-2,5-10,24H,3-4,11-12H2. The Morgan fingerprint density at radius 3 is 2.21 bits per heavy atom. The molecule has 148 valence electrons. The number of rotatable bonds is 4. The highest BCUT2D eigenvalue weighted by Crippen LogP contribution is 2.34. The molecule has 0 aliphatic carbocycles. The second-order valence-corrected chi connectivity index (χ2v) is 7.57. The number of hydrogen-bond acceptors (Lipinski definition) is 4. The largest absolute Gasteiger partial charge is 0.350 e. The number of likely N-dealkylation sites (tertiary alicyclic amines) is 1. The van der Waals surface area contributed by atoms with Crippen LogP contribution in [0.15, 0.2) is 59.3 Å². The van der Waals surface area contributed by atoms with E-state index in [-0.39, 0.29) is 27.3 Å². The number of anilines is 2. The molecule has 2 heterocycles. The maximum atomic E-state index is 12.8. The van der Waals surface area contributed by atoms with Gasteiger partial charge in [-0.3, -0.25) is 14.4 Å². The van der Waals surface area contributed by atoms with E-state index < -0.39 is 11.8 Å². The number of para-hydroxylation sites is 1. The minimum absolute atomic E-state index is 0.0108. The van der Waals surface area contributed by atoms with Crippen molar-refractivity contribution in [2.24, 2.45) is 0 Å². The Morgan fingerprint density at radius 2 is 1.55 bits per heavy atom. The first-order valence-electron chi connectivity index (χ1n) is 9.17. The molecule has 0 bridgehead atoms. The summed E-state index contributed by atoms with van der Waals surface area (Å²) < 4.78 is 0. The van der Waals surface area contributed by atoms with Crippen molar-refractivity contribution in [1.82, 2.24) is 4.90 Å². The van der Waals surface area contributed by atoms with E-state index in [9.17, 15) is 14.4 Å². The van der Waals surface area contributed by atoms with Crippen LogP contribution in [0.3, 0.4) is 0 Å². The van der Waals surface area contributed by atoms with Gasteiger partial charge in [0.05, 0.1) is 10.7 Å². The SMILES string of the molecule is O=C(c1ccc(NC2=C(Cl)C(=O)N(c3ccccc3Cl)C2=O)cc1)N1CCCC1. The van der Waals surface area contributed by atoms with Crippen LogP contribution >= 0.6 is 23.2 Å². The van der Waals surface area contributed by atoms with Gasteiger partial charge in [-0.15, -0.1) is 0 Å². The lowest BCUT2D eigenvalue weighted by Gasteiger charge is -2.17. The van der Waals surface area contributed by atoms with E-state index in [0.717, 1.165) is 30.8 Å². The van der Waals surface area contributed by atoms with Crippen molar-refractivity contribution in [3.05, 3.63) is 69.8 Å². The zero-order chi connectivity index (χ0) is 20.5. The normalized spacial score (nSPS) is 16.8. The van der Waals surface area contributed by atoms with Crippen molar-refractivity contribution in [3.8, 4) is 0 Å². The molecule has 0 unspecified atom stereocenters. The molecular weight excluding hydrogens is 413 g/mol. The first-order valence-corrected chi connectivity index (χ1v) is 9.92. The molecule has 1 N–H and O–H groups in total. The van der Waals surface area contributed by atoms with Crippen molar-refractivity contribution >= 4 is 52.3 Å². The summed E-state index contributed by atoms with van der Waals surface area (Å²) in [6, 6.07) is 13.3. The highest BCUT2D eigenvalue weighted by molar-refractivity contribution is 6.53. The molecule has 4 rings (SSSR count). The number of carbonyl (C=O) groups is 3. The molecule has 0 aromatic heterocycles. The maximum absolute atomic E-state index is 12.8. The van der Waals surface area contributed by atoms with Gasteiger partial charge in [0.25, 0.3) is 17.7 Å². The predicted molar refractivity (Wildman–Crippen MR) is 112 cm³/mol. The molecular formula is C21H17Cl2N3O3. The Kier molecular flexibility index (Phi) is 5.30. The Hall–Kier alpha value is -2.83. The van der Waals surface area contributed by atoms with E-state index in [4.69, 9.17) is 23.2 Å². The summed E-state index contributed by atoms with van der Waals surface area (Å²) in [5.74, 6) is -1.25. The topological polar surface area (TPSA) is 69.7 Å². The molecule has 1 fully saturated rings. The molecule has 2 aliphatic rings. The summed E-state index contributed by atoms with van der Waals surface area (Å²) in [4.78, 5) is 40.5. The minimum atomic E-state index is -0.645. The second-order valence-electron chi connectivity index (χ2n) is 6.79. The van der Waals surface area contributed by atoms with E-state index in [2.05, 4.69) is 5.32 Å². The Labute approximate surface area is 177 Å². The molecule has 0 radical (unpaired) electrons. The smallest absolute Gasteiger partial charge is 0.283 e. The van der Waals surface area contributed by atoms with Gasteiger partial charge >= 0.3 is 0 Å². The fraction of sp³-hybridized carbons (Fsp3) is 0.190. The highest BCUT2D eigenvalue weighted by Gasteiger charge is 2.39. The first kappa shape index (κ1) is 19.5. The van der Waals surface area contributed by atoms with Gasteiger partial charge in [-0.2, -0.15) is 0 Å². The zero-order valence-electron chi connectivity index (χ0n) is 15.3. The summed E-state index contributed by atoms with van der Waals surface area (Å²) in [6.07, 6.45) is 2.05. The van der Waals surface area contributed by atoms with Gasteiger partial charge in [0.2, 0.25) is 0 Å². The predicted octanol–water partition coefficient (Wildman–Crippen LogP) is 4.01. The van der Waals surface area contributed by atoms with Crippen LogP contribution in [-0.4, -0.2) is 35.7 Å². The van der Waals surface area contributed by atoms with Crippen molar-refractivity contribution in [2.45, 2.75) is 12.8 Å². The molecule has 2 aromatic rings. The van der Waals surface area contributed by atoms with Gasteiger partial charge in [0, 0.05) is 24.3 Å². The number of carbonyl (C=O) groups excluding carboxylic acids is 3. The van der Waals surface area contributed by atoms with Gasteiger partial charge in [0.1, 0.15) is 10.7 Å². The van der Waals surface area contributed by atoms with Gasteiger partial charge < -0.3 is 10.2 Å². The molecule has 3 amide bonds. The van der Waals surface area contributed by atoms with E-state index in [1.54, 1.807) is 48.5 Å². The van der Waals surface area contributed by atoms with Crippen molar-refractivity contribution in [3.63, 3.8) is 0 Å². The van der Waals surface area contributed by atoms with Gasteiger partial charge in [-0.1, -0.05) is 35.3 Å². The van der Waals surface area contributed by atoms with Crippen LogP contribution in [0.2, 0.25) is 5.02 Å². The minimum Gasteiger partial charge on any atom is -0.350 e. The number of hydrogen-bond donors (Lipinski definition) is 1. The highest BCUT2D eigenvalue weighted by atomic mass is 35.5. The monoisotopic (exact) mass is 429 g/mol. The fourth-order valence-electron chi connectivity index (χ4n) is 3.41. The van der Waals surface area contributed by atoms with Crippen molar-refractivity contribution in [2.75, 3.05) is 23.3 Å². The maximum Gasteiger partial charge on any atom is 0.283 e. The summed E-state index contributed by atoms with van der Waals surface area (Å²) in [5.41, 5.74) is 1.35. The third-order valence-corrected chi connectivity index (χ3v) is 5.59. The summed E-state index contributed by atoms with van der Waals surface area (Å²) in [6.45, 7) is 1.55. The lowest BCUT2D eigenvalue weighted by Crippen LogP contribution is -2.32. The van der Waals surface area contributed by atoms with Crippen LogP contribution in [0.4, 0.5) is 11.4 Å². The molecule has 0 atom stereocenters. The molecule has 0 spiro atoms. The molecule has 8 heteroatoms. The Balaban J connectivity index is 1.53. The van der Waals surface area contributed by atoms with Gasteiger partial charge in [-0.05, 0) is 49.2 Å². The van der Waals surface area contributed by atoms with Crippen molar-refractivity contribution < 1.29 is 14.4 Å². The average Bonchev–Trinajstić information content (AvgIpc) is 3.33. The van der Waals surface area contributed by atoms with E-state index in [1.807, 2.05) is 4.90 Å². The summed E-state index contributed by atoms with van der Waals surface area (Å²) in [5, 5.41) is 2.95. The summed E-state index contributed by atoms with van der Waals surface area (Å²) in [7, 11) is 0. The Morgan fingerprint density at radius 1 is 0.897 bits per heavy atom. The molecule has 6 nitrogen and oxygen atoms in total. The zero-order valence-corrected chi connectivity index (χ0v) is 16.8. The van der Waals surface area contributed by atoms with Crippen LogP contribution in [0.1, 0.15) is 23.2 Å². The van der Waals surface area contributed by atoms with Crippen LogP contribution in [0.25, 0.3) is 0 Å². The molecule has 1 saturated heterocycles. The van der Waals surface area contributed by atoms with Crippen LogP contribution < -0.4 is 10.2 Å². The molecule has 2 aromatic carbocycles. The number of benzene rings is 2. The first-order chi connectivity index (χ1) is 14.0. The molecule has 2 aliphatic heterocycles. The van der Waals surface area contributed by atoms with Crippen LogP contribution in [-0.2, 0) is 9.59 Å². The quantitative estimate of drug-likeness (QED) is 0.745. The number of nitrogens with one attached hydrogen (secondary N) is 1. The lowest BCUT2D eigenvalue weighted by molar-refractivity contribution is -0.120. The molecule has 29 heavy (non-hydrogen) atoms. The second kappa shape index (κ2) is 7.89. The van der Waals surface area contributed by atoms with Gasteiger partial charge in [-0.25, -0.2) is 4.90 Å². The fourth-order valence-corrected chi connectivity index (χ4v) is 3.84. The number of halogens is 2. The Bertz CT molecular complexity index is 1030.